The Balaban J connectivity index is 1.71. The topological polar surface area (TPSA) is 59.6 Å². The van der Waals surface area contributed by atoms with Crippen LogP contribution in [0, 0.1) is 0 Å². The zero-order chi connectivity index (χ0) is 17.7. The molecule has 0 aliphatic heterocycles. The van der Waals surface area contributed by atoms with Crippen LogP contribution >= 0.6 is 0 Å². The molecule has 5 heteroatoms. The second kappa shape index (κ2) is 11.2. The largest absolute Gasteiger partial charge is 0.493 e. The van der Waals surface area contributed by atoms with Crippen LogP contribution in [0.15, 0.2) is 54.6 Å². The highest BCUT2D eigenvalue weighted by atomic mass is 16.5. The predicted octanol–water partition coefficient (Wildman–Crippen LogP) is 2.87. The van der Waals surface area contributed by atoms with Crippen molar-refractivity contribution in [2.24, 2.45) is 0 Å². The molecule has 0 saturated heterocycles. The predicted molar refractivity (Wildman–Crippen MR) is 100 cm³/mol. The first-order chi connectivity index (χ1) is 12.3. The summed E-state index contributed by atoms with van der Waals surface area (Å²) in [6.07, 6.45) is 1.73. The van der Waals surface area contributed by atoms with E-state index in [4.69, 9.17) is 9.47 Å². The van der Waals surface area contributed by atoms with E-state index in [0.29, 0.717) is 13.2 Å². The minimum absolute atomic E-state index is 0.0705. The van der Waals surface area contributed by atoms with E-state index in [1.807, 2.05) is 42.5 Å². The maximum Gasteiger partial charge on any atom is 0.238 e. The van der Waals surface area contributed by atoms with E-state index in [1.54, 1.807) is 7.11 Å². The van der Waals surface area contributed by atoms with Crippen LogP contribution in [0.4, 0.5) is 5.69 Å². The van der Waals surface area contributed by atoms with Crippen molar-refractivity contribution >= 4 is 11.6 Å². The van der Waals surface area contributed by atoms with Crippen LogP contribution in [-0.2, 0) is 16.0 Å². The summed E-state index contributed by atoms with van der Waals surface area (Å²) < 4.78 is 10.7. The maximum absolute atomic E-state index is 11.9. The molecule has 2 aromatic carbocycles. The summed E-state index contributed by atoms with van der Waals surface area (Å²) in [6, 6.07) is 17.7. The molecule has 0 saturated carbocycles. The van der Waals surface area contributed by atoms with Crippen molar-refractivity contribution in [3.05, 3.63) is 60.2 Å². The fraction of sp³-hybridized carbons (Fsp3) is 0.350. The van der Waals surface area contributed by atoms with Crippen molar-refractivity contribution < 1.29 is 14.3 Å². The third-order valence-electron chi connectivity index (χ3n) is 3.61. The summed E-state index contributed by atoms with van der Waals surface area (Å²) in [4.78, 5) is 11.9. The summed E-state index contributed by atoms with van der Waals surface area (Å²) in [5.74, 6) is 0.681. The van der Waals surface area contributed by atoms with Gasteiger partial charge in [-0.2, -0.15) is 0 Å². The molecule has 2 N–H and O–H groups in total. The van der Waals surface area contributed by atoms with Gasteiger partial charge in [-0.15, -0.1) is 0 Å². The maximum atomic E-state index is 11.9. The smallest absolute Gasteiger partial charge is 0.238 e. The van der Waals surface area contributed by atoms with Crippen LogP contribution in [0.2, 0.25) is 0 Å². The molecule has 0 heterocycles. The van der Waals surface area contributed by atoms with Gasteiger partial charge in [0, 0.05) is 31.9 Å². The van der Waals surface area contributed by atoms with Gasteiger partial charge in [0.25, 0.3) is 0 Å². The van der Waals surface area contributed by atoms with Gasteiger partial charge < -0.3 is 20.1 Å². The lowest BCUT2D eigenvalue weighted by atomic mass is 10.2. The highest BCUT2D eigenvalue weighted by Crippen LogP contribution is 2.17. The van der Waals surface area contributed by atoms with Crippen LogP contribution in [0.1, 0.15) is 12.0 Å². The zero-order valence-corrected chi connectivity index (χ0v) is 14.7. The van der Waals surface area contributed by atoms with Crippen molar-refractivity contribution in [3.8, 4) is 5.75 Å². The Morgan fingerprint density at radius 3 is 2.68 bits per heavy atom. The number of nitrogens with one attached hydrogen (secondary N) is 2. The number of anilines is 1. The molecule has 0 aliphatic carbocycles. The molecule has 25 heavy (non-hydrogen) atoms. The van der Waals surface area contributed by atoms with Crippen molar-refractivity contribution in [2.75, 3.05) is 38.7 Å². The molecule has 1 amide bonds. The number of methoxy groups -OCH3 is 1. The van der Waals surface area contributed by atoms with Crippen molar-refractivity contribution in [1.29, 1.82) is 0 Å². The fourth-order valence-electron chi connectivity index (χ4n) is 2.34. The molecule has 0 spiro atoms. The quantitative estimate of drug-likeness (QED) is 0.617. The molecule has 0 atom stereocenters. The van der Waals surface area contributed by atoms with Crippen molar-refractivity contribution in [3.63, 3.8) is 0 Å². The monoisotopic (exact) mass is 342 g/mol. The second-order valence-electron chi connectivity index (χ2n) is 5.68. The Labute approximate surface area is 149 Å². The zero-order valence-electron chi connectivity index (χ0n) is 14.7. The second-order valence-corrected chi connectivity index (χ2v) is 5.68. The van der Waals surface area contributed by atoms with Crippen LogP contribution in [0.5, 0.6) is 5.75 Å². The lowest BCUT2D eigenvalue weighted by Crippen LogP contribution is -2.29. The van der Waals surface area contributed by atoms with E-state index in [0.717, 1.165) is 30.8 Å². The summed E-state index contributed by atoms with van der Waals surface area (Å²) >= 11 is 0. The van der Waals surface area contributed by atoms with Gasteiger partial charge in [-0.1, -0.05) is 36.4 Å². The van der Waals surface area contributed by atoms with E-state index >= 15 is 0 Å². The number of amides is 1. The number of carbonyl (C=O) groups is 1. The summed E-state index contributed by atoms with van der Waals surface area (Å²) in [6.45, 7) is 2.33. The number of rotatable bonds is 11. The van der Waals surface area contributed by atoms with E-state index in [1.165, 1.54) is 5.56 Å². The van der Waals surface area contributed by atoms with Gasteiger partial charge in [0.1, 0.15) is 5.75 Å². The molecule has 0 bridgehead atoms. The third kappa shape index (κ3) is 7.83. The first-order valence-corrected chi connectivity index (χ1v) is 8.54. The van der Waals surface area contributed by atoms with Crippen LogP contribution in [0.3, 0.4) is 0 Å². The van der Waals surface area contributed by atoms with Gasteiger partial charge in [-0.3, -0.25) is 4.79 Å². The molecule has 2 rings (SSSR count). The van der Waals surface area contributed by atoms with Crippen LogP contribution in [0.25, 0.3) is 0 Å². The van der Waals surface area contributed by atoms with E-state index < -0.39 is 0 Å². The lowest BCUT2D eigenvalue weighted by molar-refractivity contribution is -0.115. The molecule has 0 radical (unpaired) electrons. The summed E-state index contributed by atoms with van der Waals surface area (Å²) in [7, 11) is 1.67. The number of benzene rings is 2. The normalized spacial score (nSPS) is 10.4. The van der Waals surface area contributed by atoms with E-state index in [9.17, 15) is 4.79 Å². The highest BCUT2D eigenvalue weighted by molar-refractivity contribution is 5.92. The van der Waals surface area contributed by atoms with Gasteiger partial charge >= 0.3 is 0 Å². The number of hydrogen-bond acceptors (Lipinski definition) is 4. The van der Waals surface area contributed by atoms with Gasteiger partial charge in [-0.25, -0.2) is 0 Å². The molecule has 5 nitrogen and oxygen atoms in total. The number of ether oxygens (including phenoxy) is 2. The van der Waals surface area contributed by atoms with Crippen LogP contribution in [-0.4, -0.2) is 39.3 Å². The number of carbonyl (C=O) groups excluding carboxylic acids is 1. The highest BCUT2D eigenvalue weighted by Gasteiger charge is 2.03. The summed E-state index contributed by atoms with van der Waals surface area (Å²) in [5, 5.41) is 5.95. The fourth-order valence-corrected chi connectivity index (χ4v) is 2.34. The Bertz CT molecular complexity index is 632. The van der Waals surface area contributed by atoms with E-state index in [2.05, 4.69) is 22.8 Å². The molecule has 0 unspecified atom stereocenters. The van der Waals surface area contributed by atoms with E-state index in [-0.39, 0.29) is 12.5 Å². The van der Waals surface area contributed by atoms with Gasteiger partial charge in [0.15, 0.2) is 0 Å². The lowest BCUT2D eigenvalue weighted by Gasteiger charge is -2.10. The average Bonchev–Trinajstić information content (AvgIpc) is 2.63. The Kier molecular flexibility index (Phi) is 8.52. The Morgan fingerprint density at radius 1 is 1.04 bits per heavy atom. The summed E-state index contributed by atoms with van der Waals surface area (Å²) in [5.41, 5.74) is 1.98. The molecule has 2 aromatic rings. The first-order valence-electron chi connectivity index (χ1n) is 8.54. The molecule has 134 valence electrons. The van der Waals surface area contributed by atoms with Crippen molar-refractivity contribution in [1.82, 2.24) is 5.32 Å². The molecule has 0 aromatic heterocycles. The van der Waals surface area contributed by atoms with Gasteiger partial charge in [0.05, 0.1) is 13.2 Å². The minimum Gasteiger partial charge on any atom is -0.493 e. The molecular weight excluding hydrogens is 316 g/mol. The van der Waals surface area contributed by atoms with Crippen LogP contribution < -0.4 is 15.4 Å². The van der Waals surface area contributed by atoms with Gasteiger partial charge in [0.2, 0.25) is 5.91 Å². The Hall–Kier alpha value is -2.37. The van der Waals surface area contributed by atoms with Gasteiger partial charge in [-0.05, 0) is 30.7 Å². The average molecular weight is 342 g/mol. The molecular formula is C20H26N2O3. The number of hydrogen-bond donors (Lipinski definition) is 2. The molecule has 0 fully saturated rings. The molecule has 0 aliphatic rings. The standard InChI is InChI=1S/C20H26N2O3/c1-24-13-6-12-21-16-20(23)22-18-9-5-10-19(15-18)25-14-11-17-7-3-2-4-8-17/h2-5,7-10,15,21H,6,11-14,16H2,1H3,(H,22,23). The third-order valence-corrected chi connectivity index (χ3v) is 3.61. The SMILES string of the molecule is COCCCNCC(=O)Nc1cccc(OCCc2ccccc2)c1. The van der Waals surface area contributed by atoms with Crippen molar-refractivity contribution in [2.45, 2.75) is 12.8 Å². The minimum atomic E-state index is -0.0705. The first kappa shape index (κ1) is 19.0. The Morgan fingerprint density at radius 2 is 1.88 bits per heavy atom.